The second kappa shape index (κ2) is 8.47. The topological polar surface area (TPSA) is 50.7 Å². The number of hydrogen-bond donors (Lipinski definition) is 2. The zero-order chi connectivity index (χ0) is 12.5. The van der Waals surface area contributed by atoms with Crippen molar-refractivity contribution in [3.8, 4) is 5.75 Å². The smallest absolute Gasteiger partial charge is 0.133 e. The average Bonchev–Trinajstić information content (AvgIpc) is 2.34. The Bertz CT molecular complexity index is 334. The van der Waals surface area contributed by atoms with Gasteiger partial charge in [0.1, 0.15) is 5.75 Å². The maximum atomic E-state index is 8.52. The number of aliphatic hydroxyl groups excluding tert-OH is 1. The minimum atomic E-state index is 0.0748. The van der Waals surface area contributed by atoms with Crippen LogP contribution in [0, 0.1) is 0 Å². The fraction of sp³-hybridized carbons (Fsp3) is 0.500. The number of halogens is 1. The quantitative estimate of drug-likeness (QED) is 0.716. The predicted octanol–water partition coefficient (Wildman–Crippen LogP) is 1.56. The molecule has 96 valence electrons. The number of ether oxygens (including phenoxy) is 2. The van der Waals surface area contributed by atoms with E-state index in [1.165, 1.54) is 5.56 Å². The highest BCUT2D eigenvalue weighted by Crippen LogP contribution is 2.25. The molecule has 1 rings (SSSR count). The van der Waals surface area contributed by atoms with Crippen molar-refractivity contribution in [3.63, 3.8) is 0 Å². The first-order valence-corrected chi connectivity index (χ1v) is 6.29. The van der Waals surface area contributed by atoms with Gasteiger partial charge in [-0.05, 0) is 33.6 Å². The van der Waals surface area contributed by atoms with Crippen molar-refractivity contribution < 1.29 is 14.6 Å². The minimum absolute atomic E-state index is 0.0748. The van der Waals surface area contributed by atoms with Crippen LogP contribution in [0.1, 0.15) is 5.56 Å². The van der Waals surface area contributed by atoms with Crippen LogP contribution >= 0.6 is 15.9 Å². The largest absolute Gasteiger partial charge is 0.496 e. The molecule has 0 aliphatic carbocycles. The van der Waals surface area contributed by atoms with Crippen molar-refractivity contribution in [2.45, 2.75) is 6.54 Å². The summed E-state index contributed by atoms with van der Waals surface area (Å²) in [5.74, 6) is 0.833. The van der Waals surface area contributed by atoms with Gasteiger partial charge in [-0.1, -0.05) is 6.07 Å². The van der Waals surface area contributed by atoms with Crippen molar-refractivity contribution in [2.75, 3.05) is 33.5 Å². The third kappa shape index (κ3) is 5.50. The highest BCUT2D eigenvalue weighted by atomic mass is 79.9. The lowest BCUT2D eigenvalue weighted by Gasteiger charge is -2.08. The monoisotopic (exact) mass is 303 g/mol. The van der Waals surface area contributed by atoms with E-state index in [4.69, 9.17) is 14.6 Å². The maximum absolute atomic E-state index is 8.52. The van der Waals surface area contributed by atoms with Gasteiger partial charge in [0.2, 0.25) is 0 Å². The van der Waals surface area contributed by atoms with Gasteiger partial charge in [0.15, 0.2) is 0 Å². The van der Waals surface area contributed by atoms with E-state index in [0.29, 0.717) is 13.2 Å². The fourth-order valence-electron chi connectivity index (χ4n) is 1.36. The molecule has 0 aliphatic rings. The van der Waals surface area contributed by atoms with E-state index in [1.54, 1.807) is 7.11 Å². The summed E-state index contributed by atoms with van der Waals surface area (Å²) in [6.45, 7) is 2.63. The van der Waals surface area contributed by atoms with E-state index >= 15 is 0 Å². The Morgan fingerprint density at radius 1 is 1.35 bits per heavy atom. The number of rotatable bonds is 8. The van der Waals surface area contributed by atoms with Crippen LogP contribution in [0.4, 0.5) is 0 Å². The molecule has 4 nitrogen and oxygen atoms in total. The molecule has 17 heavy (non-hydrogen) atoms. The van der Waals surface area contributed by atoms with Crippen LogP contribution in [0.15, 0.2) is 22.7 Å². The lowest BCUT2D eigenvalue weighted by Crippen LogP contribution is -2.20. The molecule has 0 aliphatic heterocycles. The Kier molecular flexibility index (Phi) is 7.19. The molecule has 1 aromatic rings. The van der Waals surface area contributed by atoms with Gasteiger partial charge in [-0.3, -0.25) is 0 Å². The number of methoxy groups -OCH3 is 1. The number of aliphatic hydroxyl groups is 1. The zero-order valence-electron chi connectivity index (χ0n) is 9.91. The number of benzene rings is 1. The van der Waals surface area contributed by atoms with E-state index in [0.717, 1.165) is 23.3 Å². The van der Waals surface area contributed by atoms with Gasteiger partial charge in [-0.15, -0.1) is 0 Å². The molecule has 0 saturated carbocycles. The summed E-state index contributed by atoms with van der Waals surface area (Å²) < 4.78 is 11.3. The van der Waals surface area contributed by atoms with Crippen LogP contribution in [0.2, 0.25) is 0 Å². The van der Waals surface area contributed by atoms with Crippen molar-refractivity contribution >= 4 is 15.9 Å². The molecule has 1 aromatic carbocycles. The van der Waals surface area contributed by atoms with Crippen molar-refractivity contribution in [3.05, 3.63) is 28.2 Å². The van der Waals surface area contributed by atoms with Crippen LogP contribution in [0.3, 0.4) is 0 Å². The maximum Gasteiger partial charge on any atom is 0.133 e. The van der Waals surface area contributed by atoms with Crippen LogP contribution in [-0.4, -0.2) is 38.6 Å². The molecule has 0 heterocycles. The number of nitrogens with one attached hydrogen (secondary N) is 1. The Labute approximate surface area is 110 Å². The summed E-state index contributed by atoms with van der Waals surface area (Å²) >= 11 is 3.45. The first-order valence-electron chi connectivity index (χ1n) is 5.49. The van der Waals surface area contributed by atoms with Crippen molar-refractivity contribution in [1.29, 1.82) is 0 Å². The van der Waals surface area contributed by atoms with E-state index in [1.807, 2.05) is 18.2 Å². The van der Waals surface area contributed by atoms with Crippen LogP contribution < -0.4 is 10.1 Å². The summed E-state index contributed by atoms with van der Waals surface area (Å²) in [4.78, 5) is 0. The zero-order valence-corrected chi connectivity index (χ0v) is 11.5. The Hall–Kier alpha value is -0.620. The molecule has 0 bridgehead atoms. The summed E-state index contributed by atoms with van der Waals surface area (Å²) in [5.41, 5.74) is 1.18. The third-order valence-corrected chi connectivity index (χ3v) is 2.82. The van der Waals surface area contributed by atoms with Gasteiger partial charge in [0.25, 0.3) is 0 Å². The van der Waals surface area contributed by atoms with E-state index in [-0.39, 0.29) is 6.61 Å². The van der Waals surface area contributed by atoms with Crippen molar-refractivity contribution in [1.82, 2.24) is 5.32 Å². The molecular weight excluding hydrogens is 286 g/mol. The standard InChI is InChI=1S/C12H18BrNO3/c1-16-12-3-2-10(8-11(12)13)9-14-4-6-17-7-5-15/h2-3,8,14-15H,4-7,9H2,1H3. The molecule has 0 fully saturated rings. The van der Waals surface area contributed by atoms with E-state index in [2.05, 4.69) is 21.2 Å². The molecule has 0 radical (unpaired) electrons. The van der Waals surface area contributed by atoms with Crippen LogP contribution in [0.25, 0.3) is 0 Å². The molecule has 2 N–H and O–H groups in total. The van der Waals surface area contributed by atoms with Gasteiger partial charge in [0.05, 0.1) is 31.4 Å². The summed E-state index contributed by atoms with van der Waals surface area (Å²) in [5, 5.41) is 11.8. The molecule has 0 saturated heterocycles. The summed E-state index contributed by atoms with van der Waals surface area (Å²) in [6.07, 6.45) is 0. The molecule has 0 spiro atoms. The van der Waals surface area contributed by atoms with E-state index < -0.39 is 0 Å². The van der Waals surface area contributed by atoms with Gasteiger partial charge in [-0.25, -0.2) is 0 Å². The molecule has 0 atom stereocenters. The van der Waals surface area contributed by atoms with Crippen LogP contribution in [-0.2, 0) is 11.3 Å². The molecule has 0 amide bonds. The molecule has 0 unspecified atom stereocenters. The van der Waals surface area contributed by atoms with E-state index in [9.17, 15) is 0 Å². The predicted molar refractivity (Wildman–Crippen MR) is 70.3 cm³/mol. The first-order chi connectivity index (χ1) is 8.27. The minimum Gasteiger partial charge on any atom is -0.496 e. The first kappa shape index (κ1) is 14.4. The third-order valence-electron chi connectivity index (χ3n) is 2.20. The molecular formula is C12H18BrNO3. The van der Waals surface area contributed by atoms with Gasteiger partial charge in [0, 0.05) is 13.1 Å². The normalized spacial score (nSPS) is 10.5. The van der Waals surface area contributed by atoms with Gasteiger partial charge in [-0.2, -0.15) is 0 Å². The van der Waals surface area contributed by atoms with Crippen LogP contribution in [0.5, 0.6) is 5.75 Å². The average molecular weight is 304 g/mol. The summed E-state index contributed by atoms with van der Waals surface area (Å²) in [6, 6.07) is 5.98. The highest BCUT2D eigenvalue weighted by Gasteiger charge is 2.00. The Balaban J connectivity index is 2.25. The second-order valence-corrected chi connectivity index (χ2v) is 4.34. The lowest BCUT2D eigenvalue weighted by atomic mass is 10.2. The second-order valence-electron chi connectivity index (χ2n) is 3.48. The highest BCUT2D eigenvalue weighted by molar-refractivity contribution is 9.10. The molecule has 5 heteroatoms. The number of hydrogen-bond acceptors (Lipinski definition) is 4. The Morgan fingerprint density at radius 3 is 2.82 bits per heavy atom. The van der Waals surface area contributed by atoms with Gasteiger partial charge >= 0.3 is 0 Å². The van der Waals surface area contributed by atoms with Crippen molar-refractivity contribution in [2.24, 2.45) is 0 Å². The van der Waals surface area contributed by atoms with Gasteiger partial charge < -0.3 is 19.9 Å². The Morgan fingerprint density at radius 2 is 2.18 bits per heavy atom. The molecule has 0 aromatic heterocycles. The fourth-order valence-corrected chi connectivity index (χ4v) is 1.95. The SMILES string of the molecule is COc1ccc(CNCCOCCO)cc1Br. The summed E-state index contributed by atoms with van der Waals surface area (Å²) in [7, 11) is 1.65. The lowest BCUT2D eigenvalue weighted by molar-refractivity contribution is 0.0938.